The van der Waals surface area contributed by atoms with Crippen LogP contribution in [0.4, 0.5) is 17.1 Å². The molecular weight excluding hydrogens is 322 g/mol. The van der Waals surface area contributed by atoms with E-state index in [2.05, 4.69) is 5.32 Å². The van der Waals surface area contributed by atoms with Crippen LogP contribution in [0.2, 0.25) is 0 Å². The highest BCUT2D eigenvalue weighted by molar-refractivity contribution is 5.78. The smallest absolute Gasteiger partial charge is 0.292 e. The second-order valence-corrected chi connectivity index (χ2v) is 5.93. The predicted molar refractivity (Wildman–Crippen MR) is 96.9 cm³/mol. The fraction of sp³-hybridized carbons (Fsp3) is 0.333. The zero-order valence-electron chi connectivity index (χ0n) is 14.5. The number of ether oxygens (including phenoxy) is 2. The first kappa shape index (κ1) is 16.9. The summed E-state index contributed by atoms with van der Waals surface area (Å²) in [6.07, 6.45) is 0.774. The second-order valence-electron chi connectivity index (χ2n) is 5.93. The third-order valence-corrected chi connectivity index (χ3v) is 4.43. The number of nitro groups is 1. The molecule has 25 heavy (non-hydrogen) atoms. The van der Waals surface area contributed by atoms with Crippen molar-refractivity contribution in [3.63, 3.8) is 0 Å². The quantitative estimate of drug-likeness (QED) is 0.641. The Labute approximate surface area is 146 Å². The molecular formula is C18H21N3O4. The number of hydrogen-bond acceptors (Lipinski definition) is 6. The van der Waals surface area contributed by atoms with Crippen LogP contribution < -0.4 is 19.7 Å². The third-order valence-electron chi connectivity index (χ3n) is 4.43. The molecule has 0 aliphatic carbocycles. The van der Waals surface area contributed by atoms with E-state index in [1.807, 2.05) is 30.1 Å². The van der Waals surface area contributed by atoms with Crippen molar-refractivity contribution in [2.75, 3.05) is 38.0 Å². The van der Waals surface area contributed by atoms with Crippen molar-refractivity contribution in [1.29, 1.82) is 0 Å². The summed E-state index contributed by atoms with van der Waals surface area (Å²) in [5.74, 6) is 1.40. The van der Waals surface area contributed by atoms with Gasteiger partial charge in [-0.15, -0.1) is 0 Å². The van der Waals surface area contributed by atoms with Gasteiger partial charge in [0.2, 0.25) is 0 Å². The molecule has 0 unspecified atom stereocenters. The zero-order chi connectivity index (χ0) is 18.0. The summed E-state index contributed by atoms with van der Waals surface area (Å²) in [6.45, 7) is 1.29. The number of methoxy groups -OCH3 is 2. The van der Waals surface area contributed by atoms with E-state index in [4.69, 9.17) is 9.47 Å². The van der Waals surface area contributed by atoms with Crippen molar-refractivity contribution in [3.05, 3.63) is 51.6 Å². The van der Waals surface area contributed by atoms with Crippen LogP contribution >= 0.6 is 0 Å². The Hall–Kier alpha value is -2.96. The van der Waals surface area contributed by atoms with E-state index in [9.17, 15) is 10.1 Å². The summed E-state index contributed by atoms with van der Waals surface area (Å²) in [6, 6.07) is 8.94. The molecule has 7 heteroatoms. The van der Waals surface area contributed by atoms with E-state index in [1.165, 1.54) is 0 Å². The van der Waals surface area contributed by atoms with Crippen LogP contribution in [0.1, 0.15) is 11.1 Å². The number of hydrogen-bond donors (Lipinski definition) is 1. The number of nitrogens with one attached hydrogen (secondary N) is 1. The van der Waals surface area contributed by atoms with E-state index in [0.29, 0.717) is 23.7 Å². The highest BCUT2D eigenvalue weighted by Crippen LogP contribution is 2.40. The Morgan fingerprint density at radius 3 is 2.72 bits per heavy atom. The van der Waals surface area contributed by atoms with Gasteiger partial charge in [-0.05, 0) is 24.6 Å². The molecule has 0 bridgehead atoms. The Balaban J connectivity index is 1.98. The third kappa shape index (κ3) is 3.17. The maximum absolute atomic E-state index is 11.5. The number of nitrogens with zero attached hydrogens (tertiary/aromatic N) is 2. The summed E-state index contributed by atoms with van der Waals surface area (Å²) in [4.78, 5) is 13.1. The summed E-state index contributed by atoms with van der Waals surface area (Å²) in [5, 5.41) is 14.8. The van der Waals surface area contributed by atoms with E-state index in [0.717, 1.165) is 29.8 Å². The molecule has 1 heterocycles. The fourth-order valence-electron chi connectivity index (χ4n) is 3.26. The van der Waals surface area contributed by atoms with Gasteiger partial charge in [0.25, 0.3) is 5.69 Å². The fourth-order valence-corrected chi connectivity index (χ4v) is 3.26. The van der Waals surface area contributed by atoms with Crippen molar-refractivity contribution in [3.8, 4) is 11.5 Å². The molecule has 3 rings (SSSR count). The van der Waals surface area contributed by atoms with Gasteiger partial charge in [-0.1, -0.05) is 0 Å². The molecule has 7 nitrogen and oxygen atoms in total. The van der Waals surface area contributed by atoms with Crippen molar-refractivity contribution < 1.29 is 14.4 Å². The molecule has 0 amide bonds. The lowest BCUT2D eigenvalue weighted by Gasteiger charge is -2.23. The van der Waals surface area contributed by atoms with Crippen LogP contribution in [-0.2, 0) is 13.0 Å². The summed E-state index contributed by atoms with van der Waals surface area (Å²) >= 11 is 0. The minimum absolute atomic E-state index is 0.123. The lowest BCUT2D eigenvalue weighted by molar-refractivity contribution is -0.384. The highest BCUT2D eigenvalue weighted by atomic mass is 16.6. The van der Waals surface area contributed by atoms with Crippen LogP contribution in [-0.4, -0.2) is 32.7 Å². The number of rotatable bonds is 6. The first-order chi connectivity index (χ1) is 12.0. The van der Waals surface area contributed by atoms with Crippen molar-refractivity contribution in [2.24, 2.45) is 0 Å². The Morgan fingerprint density at radius 2 is 2.04 bits per heavy atom. The SMILES string of the molecule is COc1ccc(CN(C)c2c([N+](=O)[O-])ccc3c2CCN3)c(OC)c1. The largest absolute Gasteiger partial charge is 0.497 e. The first-order valence-corrected chi connectivity index (χ1v) is 8.01. The molecule has 0 fully saturated rings. The molecule has 2 aromatic rings. The Kier molecular flexibility index (Phi) is 4.65. The normalized spacial score (nSPS) is 12.3. The van der Waals surface area contributed by atoms with Crippen LogP contribution in [0.25, 0.3) is 0 Å². The lowest BCUT2D eigenvalue weighted by Crippen LogP contribution is -2.19. The summed E-state index contributed by atoms with van der Waals surface area (Å²) in [7, 11) is 5.07. The van der Waals surface area contributed by atoms with Crippen LogP contribution in [0.5, 0.6) is 11.5 Å². The average Bonchev–Trinajstić information content (AvgIpc) is 3.09. The first-order valence-electron chi connectivity index (χ1n) is 8.01. The van der Waals surface area contributed by atoms with Crippen molar-refractivity contribution in [2.45, 2.75) is 13.0 Å². The number of nitro benzene ring substituents is 1. The summed E-state index contributed by atoms with van der Waals surface area (Å²) < 4.78 is 10.7. The molecule has 0 saturated heterocycles. The monoisotopic (exact) mass is 343 g/mol. The van der Waals surface area contributed by atoms with Gasteiger partial charge in [0.1, 0.15) is 17.2 Å². The molecule has 0 saturated carbocycles. The van der Waals surface area contributed by atoms with Gasteiger partial charge in [-0.3, -0.25) is 10.1 Å². The van der Waals surface area contributed by atoms with E-state index < -0.39 is 0 Å². The molecule has 0 atom stereocenters. The molecule has 0 spiro atoms. The lowest BCUT2D eigenvalue weighted by atomic mass is 10.1. The van der Waals surface area contributed by atoms with Crippen LogP contribution in [0.3, 0.4) is 0 Å². The van der Waals surface area contributed by atoms with Gasteiger partial charge >= 0.3 is 0 Å². The predicted octanol–water partition coefficient (Wildman–Crippen LogP) is 3.22. The molecule has 0 aromatic heterocycles. The van der Waals surface area contributed by atoms with Gasteiger partial charge in [0, 0.05) is 49.1 Å². The van der Waals surface area contributed by atoms with Gasteiger partial charge in [0.15, 0.2) is 0 Å². The van der Waals surface area contributed by atoms with Crippen LogP contribution in [0.15, 0.2) is 30.3 Å². The molecule has 0 radical (unpaired) electrons. The van der Waals surface area contributed by atoms with Gasteiger partial charge in [0.05, 0.1) is 19.1 Å². The minimum Gasteiger partial charge on any atom is -0.497 e. The Bertz CT molecular complexity index is 807. The molecule has 132 valence electrons. The highest BCUT2D eigenvalue weighted by Gasteiger charge is 2.26. The van der Waals surface area contributed by atoms with Gasteiger partial charge in [-0.25, -0.2) is 0 Å². The van der Waals surface area contributed by atoms with Crippen molar-refractivity contribution >= 4 is 17.1 Å². The van der Waals surface area contributed by atoms with Gasteiger partial charge in [-0.2, -0.15) is 0 Å². The minimum atomic E-state index is -0.324. The number of benzene rings is 2. The van der Waals surface area contributed by atoms with Crippen LogP contribution in [0, 0.1) is 10.1 Å². The Morgan fingerprint density at radius 1 is 1.24 bits per heavy atom. The summed E-state index contributed by atoms with van der Waals surface area (Å²) in [5.41, 5.74) is 3.67. The maximum Gasteiger partial charge on any atom is 0.292 e. The van der Waals surface area contributed by atoms with E-state index in [-0.39, 0.29) is 10.6 Å². The van der Waals surface area contributed by atoms with Gasteiger partial charge < -0.3 is 19.7 Å². The standard InChI is InChI=1S/C18H21N3O4/c1-20(11-12-4-5-13(24-2)10-17(12)25-3)18-14-8-9-19-15(14)6-7-16(18)21(22)23/h4-7,10,19H,8-9,11H2,1-3H3. The zero-order valence-corrected chi connectivity index (χ0v) is 14.5. The molecule has 1 aliphatic rings. The maximum atomic E-state index is 11.5. The van der Waals surface area contributed by atoms with E-state index in [1.54, 1.807) is 26.4 Å². The molecule has 2 aromatic carbocycles. The van der Waals surface area contributed by atoms with E-state index >= 15 is 0 Å². The topological polar surface area (TPSA) is 76.9 Å². The second kappa shape index (κ2) is 6.88. The molecule has 1 aliphatic heterocycles. The number of fused-ring (bicyclic) bond motifs is 1. The number of anilines is 2. The average molecular weight is 343 g/mol. The molecule has 1 N–H and O–H groups in total. The van der Waals surface area contributed by atoms with Crippen molar-refractivity contribution in [1.82, 2.24) is 0 Å².